The zero-order chi connectivity index (χ0) is 7.84. The van der Waals surface area contributed by atoms with E-state index in [1.807, 2.05) is 0 Å². The smallest absolute Gasteiger partial charge is 0.144 e. The minimum Gasteiger partial charge on any atom is -0.491 e. The highest BCUT2D eigenvalue weighted by Crippen LogP contribution is 2.34. The van der Waals surface area contributed by atoms with Crippen molar-refractivity contribution in [2.75, 3.05) is 6.61 Å². The lowest BCUT2D eigenvalue weighted by Gasteiger charge is -2.00. The Bertz CT molecular complexity index is 269. The lowest BCUT2D eigenvalue weighted by molar-refractivity contribution is 0.357. The Balaban J connectivity index is 2.64. The van der Waals surface area contributed by atoms with E-state index < -0.39 is 0 Å². The van der Waals surface area contributed by atoms with Crippen molar-refractivity contribution in [3.63, 3.8) is 0 Å². The van der Waals surface area contributed by atoms with Gasteiger partial charge in [0.1, 0.15) is 11.6 Å². The summed E-state index contributed by atoms with van der Waals surface area (Å²) in [7, 11) is 0. The van der Waals surface area contributed by atoms with Gasteiger partial charge in [-0.25, -0.2) is 4.39 Å². The van der Waals surface area contributed by atoms with Crippen LogP contribution in [0.4, 0.5) is 4.39 Å². The molecule has 0 amide bonds. The quantitative estimate of drug-likeness (QED) is 0.584. The van der Waals surface area contributed by atoms with Gasteiger partial charge in [-0.15, -0.1) is 0 Å². The summed E-state index contributed by atoms with van der Waals surface area (Å²) in [6, 6.07) is 2.89. The van der Waals surface area contributed by atoms with Crippen LogP contribution in [0, 0.1) is 5.82 Å². The summed E-state index contributed by atoms with van der Waals surface area (Å²) in [6.07, 6.45) is 0.627. The molecule has 0 fully saturated rings. The molecule has 0 radical (unpaired) electrons. The van der Waals surface area contributed by atoms with Crippen molar-refractivity contribution < 1.29 is 9.13 Å². The minimum atomic E-state index is -0.220. The second-order valence-electron chi connectivity index (χ2n) is 2.44. The first-order valence-electron chi connectivity index (χ1n) is 3.39. The molecule has 0 aromatic heterocycles. The van der Waals surface area contributed by atoms with Crippen LogP contribution in [-0.2, 0) is 6.42 Å². The van der Waals surface area contributed by atoms with Crippen LogP contribution in [0.2, 0.25) is 5.02 Å². The van der Waals surface area contributed by atoms with Gasteiger partial charge in [0.05, 0.1) is 11.6 Å². The van der Waals surface area contributed by atoms with Gasteiger partial charge in [-0.1, -0.05) is 11.6 Å². The van der Waals surface area contributed by atoms with Crippen molar-refractivity contribution >= 4 is 11.6 Å². The minimum absolute atomic E-state index is 0.220. The van der Waals surface area contributed by atoms with E-state index in [0.29, 0.717) is 29.4 Å². The molecule has 0 saturated carbocycles. The molecular formula is C8H6ClFO. The first-order valence-corrected chi connectivity index (χ1v) is 3.76. The molecule has 58 valence electrons. The van der Waals surface area contributed by atoms with Crippen LogP contribution >= 0.6 is 11.6 Å². The largest absolute Gasteiger partial charge is 0.491 e. The summed E-state index contributed by atoms with van der Waals surface area (Å²) in [4.78, 5) is 0. The average molecular weight is 173 g/mol. The van der Waals surface area contributed by atoms with Gasteiger partial charge in [-0.05, 0) is 12.1 Å². The number of hydrogen-bond acceptors (Lipinski definition) is 1. The highest BCUT2D eigenvalue weighted by atomic mass is 35.5. The lowest BCUT2D eigenvalue weighted by Crippen LogP contribution is -1.86. The molecule has 1 heterocycles. The Kier molecular flexibility index (Phi) is 1.50. The van der Waals surface area contributed by atoms with Gasteiger partial charge in [0.15, 0.2) is 0 Å². The zero-order valence-electron chi connectivity index (χ0n) is 5.73. The Hall–Kier alpha value is -0.760. The summed E-state index contributed by atoms with van der Waals surface area (Å²) in [5.74, 6) is 0.300. The van der Waals surface area contributed by atoms with E-state index in [9.17, 15) is 4.39 Å². The zero-order valence-corrected chi connectivity index (χ0v) is 6.49. The summed E-state index contributed by atoms with van der Waals surface area (Å²) in [5, 5.41) is 0.499. The molecule has 0 saturated heterocycles. The number of benzene rings is 1. The van der Waals surface area contributed by atoms with Crippen molar-refractivity contribution in [2.24, 2.45) is 0 Å². The van der Waals surface area contributed by atoms with Gasteiger partial charge in [-0.3, -0.25) is 0 Å². The second-order valence-corrected chi connectivity index (χ2v) is 2.84. The normalized spacial score (nSPS) is 14.4. The Morgan fingerprint density at radius 3 is 3.00 bits per heavy atom. The number of rotatable bonds is 0. The molecule has 3 heteroatoms. The molecule has 1 nitrogen and oxygen atoms in total. The molecule has 1 aliphatic heterocycles. The van der Waals surface area contributed by atoms with E-state index in [-0.39, 0.29) is 5.82 Å². The number of fused-ring (bicyclic) bond motifs is 1. The van der Waals surface area contributed by atoms with E-state index >= 15 is 0 Å². The topological polar surface area (TPSA) is 9.23 Å². The van der Waals surface area contributed by atoms with Crippen molar-refractivity contribution in [3.05, 3.63) is 28.5 Å². The molecular weight excluding hydrogens is 167 g/mol. The second kappa shape index (κ2) is 2.38. The summed E-state index contributed by atoms with van der Waals surface area (Å²) < 4.78 is 18.1. The van der Waals surface area contributed by atoms with E-state index in [1.165, 1.54) is 12.1 Å². The fraction of sp³-hybridized carbons (Fsp3) is 0.250. The van der Waals surface area contributed by atoms with Gasteiger partial charge in [0, 0.05) is 12.0 Å². The SMILES string of the molecule is Fc1ccc(Cl)c2c1CCO2. The number of hydrogen-bond donors (Lipinski definition) is 0. The summed E-state index contributed by atoms with van der Waals surface area (Å²) in [6.45, 7) is 0.538. The van der Waals surface area contributed by atoms with Gasteiger partial charge in [0.25, 0.3) is 0 Å². The maximum Gasteiger partial charge on any atom is 0.144 e. The fourth-order valence-corrected chi connectivity index (χ4v) is 1.45. The van der Waals surface area contributed by atoms with Gasteiger partial charge in [0.2, 0.25) is 0 Å². The van der Waals surface area contributed by atoms with Crippen LogP contribution < -0.4 is 4.74 Å². The molecule has 1 aromatic rings. The third-order valence-electron chi connectivity index (χ3n) is 1.75. The molecule has 0 spiro atoms. The van der Waals surface area contributed by atoms with E-state index in [4.69, 9.17) is 16.3 Å². The maximum atomic E-state index is 12.9. The van der Waals surface area contributed by atoms with Crippen LogP contribution in [0.3, 0.4) is 0 Å². The number of halogens is 2. The first-order chi connectivity index (χ1) is 5.29. The molecule has 0 N–H and O–H groups in total. The van der Waals surface area contributed by atoms with Crippen LogP contribution in [0.1, 0.15) is 5.56 Å². The molecule has 0 atom stereocenters. The van der Waals surface area contributed by atoms with Crippen molar-refractivity contribution in [1.29, 1.82) is 0 Å². The first kappa shape index (κ1) is 6.92. The molecule has 11 heavy (non-hydrogen) atoms. The van der Waals surface area contributed by atoms with Crippen LogP contribution in [0.25, 0.3) is 0 Å². The molecule has 1 aliphatic rings. The monoisotopic (exact) mass is 172 g/mol. The highest BCUT2D eigenvalue weighted by Gasteiger charge is 2.18. The van der Waals surface area contributed by atoms with Gasteiger partial charge in [-0.2, -0.15) is 0 Å². The molecule has 1 aromatic carbocycles. The van der Waals surface area contributed by atoms with Crippen molar-refractivity contribution in [3.8, 4) is 5.75 Å². The Morgan fingerprint density at radius 1 is 1.45 bits per heavy atom. The predicted octanol–water partition coefficient (Wildman–Crippen LogP) is 2.41. The lowest BCUT2D eigenvalue weighted by atomic mass is 10.1. The van der Waals surface area contributed by atoms with Crippen LogP contribution in [-0.4, -0.2) is 6.61 Å². The predicted molar refractivity (Wildman–Crippen MR) is 40.6 cm³/mol. The van der Waals surface area contributed by atoms with Gasteiger partial charge >= 0.3 is 0 Å². The molecule has 0 unspecified atom stereocenters. The van der Waals surface area contributed by atoms with E-state index in [2.05, 4.69) is 0 Å². The van der Waals surface area contributed by atoms with Crippen molar-refractivity contribution in [1.82, 2.24) is 0 Å². The fourth-order valence-electron chi connectivity index (χ4n) is 1.22. The summed E-state index contributed by atoms with van der Waals surface area (Å²) >= 11 is 5.75. The third-order valence-corrected chi connectivity index (χ3v) is 2.05. The van der Waals surface area contributed by atoms with Crippen LogP contribution in [0.5, 0.6) is 5.75 Å². The van der Waals surface area contributed by atoms with Crippen LogP contribution in [0.15, 0.2) is 12.1 Å². The third kappa shape index (κ3) is 0.979. The van der Waals surface area contributed by atoms with Gasteiger partial charge < -0.3 is 4.74 Å². The summed E-state index contributed by atoms with van der Waals surface area (Å²) in [5.41, 5.74) is 0.609. The number of ether oxygens (including phenoxy) is 1. The molecule has 0 bridgehead atoms. The molecule has 2 rings (SSSR count). The average Bonchev–Trinajstić information content (AvgIpc) is 2.45. The molecule has 0 aliphatic carbocycles. The maximum absolute atomic E-state index is 12.9. The van der Waals surface area contributed by atoms with E-state index in [0.717, 1.165) is 0 Å². The highest BCUT2D eigenvalue weighted by molar-refractivity contribution is 6.32. The Labute approximate surface area is 68.7 Å². The Morgan fingerprint density at radius 2 is 2.27 bits per heavy atom. The van der Waals surface area contributed by atoms with E-state index in [1.54, 1.807) is 0 Å². The standard InChI is InChI=1S/C8H6ClFO/c9-6-1-2-7(10)5-3-4-11-8(5)6/h1-2H,3-4H2. The van der Waals surface area contributed by atoms with Crippen molar-refractivity contribution in [2.45, 2.75) is 6.42 Å².